The second-order valence-corrected chi connectivity index (χ2v) is 4.82. The van der Waals surface area contributed by atoms with Crippen LogP contribution in [-0.2, 0) is 6.54 Å². The van der Waals surface area contributed by atoms with Gasteiger partial charge in [0, 0.05) is 18.3 Å². The van der Waals surface area contributed by atoms with Crippen LogP contribution < -0.4 is 10.5 Å². The topological polar surface area (TPSA) is 38.5 Å². The van der Waals surface area contributed by atoms with Crippen molar-refractivity contribution in [3.63, 3.8) is 0 Å². The lowest BCUT2D eigenvalue weighted by Crippen LogP contribution is -2.35. The first kappa shape index (κ1) is 14.0. The predicted octanol–water partition coefficient (Wildman–Crippen LogP) is 2.80. The van der Waals surface area contributed by atoms with Crippen molar-refractivity contribution in [1.82, 2.24) is 4.90 Å². The van der Waals surface area contributed by atoms with E-state index in [-0.39, 0.29) is 12.6 Å². The van der Waals surface area contributed by atoms with E-state index in [1.54, 1.807) is 18.2 Å². The fraction of sp³-hybridized carbons (Fsp3) is 0.538. The molecular weight excluding hydrogens is 257 g/mol. The van der Waals surface area contributed by atoms with Crippen molar-refractivity contribution < 1.29 is 17.9 Å². The Morgan fingerprint density at radius 2 is 2.05 bits per heavy atom. The molecule has 2 rings (SSSR count). The van der Waals surface area contributed by atoms with Gasteiger partial charge in [-0.2, -0.15) is 13.2 Å². The van der Waals surface area contributed by atoms with Crippen LogP contribution in [-0.4, -0.2) is 30.8 Å². The predicted molar refractivity (Wildman–Crippen MR) is 66.9 cm³/mol. The molecule has 1 saturated carbocycles. The summed E-state index contributed by atoms with van der Waals surface area (Å²) in [6, 6.07) is 5.07. The molecule has 1 fully saturated rings. The van der Waals surface area contributed by atoms with Gasteiger partial charge < -0.3 is 10.5 Å². The molecule has 6 heteroatoms. The second-order valence-electron chi connectivity index (χ2n) is 4.82. The van der Waals surface area contributed by atoms with Crippen LogP contribution in [0.5, 0.6) is 5.75 Å². The number of nitrogens with zero attached hydrogens (tertiary/aromatic N) is 1. The van der Waals surface area contributed by atoms with E-state index in [4.69, 9.17) is 10.5 Å². The number of benzene rings is 1. The van der Waals surface area contributed by atoms with Gasteiger partial charge in [0.2, 0.25) is 0 Å². The molecule has 0 amide bonds. The van der Waals surface area contributed by atoms with E-state index in [0.717, 1.165) is 12.8 Å². The molecule has 0 aliphatic heterocycles. The third-order valence-corrected chi connectivity index (χ3v) is 3.17. The third-order valence-electron chi connectivity index (χ3n) is 3.17. The summed E-state index contributed by atoms with van der Waals surface area (Å²) in [5.41, 5.74) is 6.98. The Morgan fingerprint density at radius 3 is 2.58 bits per heavy atom. The molecule has 0 heterocycles. The minimum Gasteiger partial charge on any atom is -0.497 e. The van der Waals surface area contributed by atoms with E-state index in [1.807, 2.05) is 0 Å². The summed E-state index contributed by atoms with van der Waals surface area (Å²) in [5, 5.41) is 0. The first-order valence-electron chi connectivity index (χ1n) is 6.12. The summed E-state index contributed by atoms with van der Waals surface area (Å²) in [6.07, 6.45) is -2.55. The molecule has 1 aromatic carbocycles. The summed E-state index contributed by atoms with van der Waals surface area (Å²) in [6.45, 7) is -0.693. The van der Waals surface area contributed by atoms with E-state index < -0.39 is 12.7 Å². The molecule has 3 nitrogen and oxygen atoms in total. The number of halogens is 3. The molecule has 0 spiro atoms. The van der Waals surface area contributed by atoms with Crippen LogP contribution in [0.1, 0.15) is 18.4 Å². The standard InChI is InChI=1S/C13H17F3N2O/c1-19-11-4-5-12(17)9(6-11)7-18(10-2-3-10)8-13(14,15)16/h4-6,10H,2-3,7-8,17H2,1H3. The second kappa shape index (κ2) is 5.28. The Balaban J connectivity index is 2.12. The van der Waals surface area contributed by atoms with Gasteiger partial charge in [0.05, 0.1) is 13.7 Å². The minimum atomic E-state index is -4.18. The number of rotatable bonds is 5. The molecule has 0 saturated heterocycles. The van der Waals surface area contributed by atoms with Gasteiger partial charge in [0.15, 0.2) is 0 Å². The van der Waals surface area contributed by atoms with Crippen LogP contribution in [0.3, 0.4) is 0 Å². The van der Waals surface area contributed by atoms with Crippen LogP contribution in [0.25, 0.3) is 0 Å². The summed E-state index contributed by atoms with van der Waals surface area (Å²) in [5.74, 6) is 0.604. The zero-order chi connectivity index (χ0) is 14.0. The molecule has 106 valence electrons. The number of ether oxygens (including phenoxy) is 1. The highest BCUT2D eigenvalue weighted by molar-refractivity contribution is 5.50. The highest BCUT2D eigenvalue weighted by Crippen LogP contribution is 2.32. The Hall–Kier alpha value is -1.43. The van der Waals surface area contributed by atoms with Crippen molar-refractivity contribution in [3.8, 4) is 5.75 Å². The van der Waals surface area contributed by atoms with Gasteiger partial charge in [0.25, 0.3) is 0 Å². The maximum Gasteiger partial charge on any atom is 0.401 e. The van der Waals surface area contributed by atoms with Crippen molar-refractivity contribution in [2.75, 3.05) is 19.4 Å². The largest absolute Gasteiger partial charge is 0.497 e. The normalized spacial score (nSPS) is 15.8. The summed E-state index contributed by atoms with van der Waals surface area (Å²) >= 11 is 0. The average Bonchev–Trinajstić information content (AvgIpc) is 3.13. The molecule has 0 atom stereocenters. The first-order valence-corrected chi connectivity index (χ1v) is 6.12. The maximum absolute atomic E-state index is 12.5. The lowest BCUT2D eigenvalue weighted by Gasteiger charge is -2.24. The van der Waals surface area contributed by atoms with Crippen LogP contribution in [0.15, 0.2) is 18.2 Å². The fourth-order valence-corrected chi connectivity index (χ4v) is 2.05. The van der Waals surface area contributed by atoms with Gasteiger partial charge in [-0.3, -0.25) is 4.90 Å². The molecular formula is C13H17F3N2O. The molecule has 1 aliphatic carbocycles. The van der Waals surface area contributed by atoms with Gasteiger partial charge in [0.1, 0.15) is 5.75 Å². The molecule has 1 aliphatic rings. The molecule has 0 aromatic heterocycles. The Bertz CT molecular complexity index is 444. The highest BCUT2D eigenvalue weighted by Gasteiger charge is 2.38. The Labute approximate surface area is 110 Å². The van der Waals surface area contributed by atoms with Crippen LogP contribution in [0.4, 0.5) is 18.9 Å². The Morgan fingerprint density at radius 1 is 1.37 bits per heavy atom. The van der Waals surface area contributed by atoms with Gasteiger partial charge in [-0.1, -0.05) is 0 Å². The van der Waals surface area contributed by atoms with Gasteiger partial charge in [-0.15, -0.1) is 0 Å². The van der Waals surface area contributed by atoms with Crippen molar-refractivity contribution in [2.24, 2.45) is 0 Å². The smallest absolute Gasteiger partial charge is 0.401 e. The quantitative estimate of drug-likeness (QED) is 0.839. The van der Waals surface area contributed by atoms with Crippen LogP contribution in [0.2, 0.25) is 0 Å². The number of hydrogen-bond donors (Lipinski definition) is 1. The summed E-state index contributed by atoms with van der Waals surface area (Å²) in [4.78, 5) is 1.44. The van der Waals surface area contributed by atoms with Crippen LogP contribution >= 0.6 is 0 Å². The number of hydrogen-bond acceptors (Lipinski definition) is 3. The number of alkyl halides is 3. The molecule has 2 N–H and O–H groups in total. The van der Waals surface area contributed by atoms with E-state index in [1.165, 1.54) is 12.0 Å². The maximum atomic E-state index is 12.5. The van der Waals surface area contributed by atoms with Crippen molar-refractivity contribution in [3.05, 3.63) is 23.8 Å². The van der Waals surface area contributed by atoms with E-state index in [0.29, 0.717) is 17.0 Å². The first-order chi connectivity index (χ1) is 8.89. The molecule has 1 aromatic rings. The lowest BCUT2D eigenvalue weighted by atomic mass is 10.1. The van der Waals surface area contributed by atoms with Gasteiger partial charge in [-0.25, -0.2) is 0 Å². The van der Waals surface area contributed by atoms with Gasteiger partial charge in [-0.05, 0) is 36.6 Å². The van der Waals surface area contributed by atoms with Gasteiger partial charge >= 0.3 is 6.18 Å². The zero-order valence-corrected chi connectivity index (χ0v) is 10.7. The highest BCUT2D eigenvalue weighted by atomic mass is 19.4. The average molecular weight is 274 g/mol. The fourth-order valence-electron chi connectivity index (χ4n) is 2.05. The SMILES string of the molecule is COc1ccc(N)c(CN(CC(F)(F)F)C2CC2)c1. The van der Waals surface area contributed by atoms with Crippen molar-refractivity contribution >= 4 is 5.69 Å². The Kier molecular flexibility index (Phi) is 3.89. The molecule has 0 unspecified atom stereocenters. The number of methoxy groups -OCH3 is 1. The lowest BCUT2D eigenvalue weighted by molar-refractivity contribution is -0.148. The third kappa shape index (κ3) is 4.02. The number of nitrogen functional groups attached to an aromatic ring is 1. The van der Waals surface area contributed by atoms with E-state index >= 15 is 0 Å². The molecule has 19 heavy (non-hydrogen) atoms. The zero-order valence-electron chi connectivity index (χ0n) is 10.7. The van der Waals surface area contributed by atoms with E-state index in [9.17, 15) is 13.2 Å². The monoisotopic (exact) mass is 274 g/mol. The minimum absolute atomic E-state index is 0.0206. The summed E-state index contributed by atoms with van der Waals surface area (Å²) < 4.78 is 42.7. The molecule has 0 bridgehead atoms. The number of anilines is 1. The van der Waals surface area contributed by atoms with Crippen molar-refractivity contribution in [1.29, 1.82) is 0 Å². The van der Waals surface area contributed by atoms with Crippen LogP contribution in [0, 0.1) is 0 Å². The van der Waals surface area contributed by atoms with E-state index in [2.05, 4.69) is 0 Å². The van der Waals surface area contributed by atoms with Crippen molar-refractivity contribution in [2.45, 2.75) is 31.6 Å². The summed E-state index contributed by atoms with van der Waals surface area (Å²) in [7, 11) is 1.52. The number of nitrogens with two attached hydrogens (primary N) is 1. The molecule has 0 radical (unpaired) electrons.